The summed E-state index contributed by atoms with van der Waals surface area (Å²) in [6.45, 7) is 2.95. The minimum absolute atomic E-state index is 0.467. The van der Waals surface area contributed by atoms with Gasteiger partial charge in [-0.3, -0.25) is 0 Å². The van der Waals surface area contributed by atoms with E-state index in [1.54, 1.807) is 12.4 Å². The Morgan fingerprint density at radius 1 is 0.955 bits per heavy atom. The molecular weight excluding hydrogens is 272 g/mol. The van der Waals surface area contributed by atoms with Crippen LogP contribution in [0.3, 0.4) is 0 Å². The first kappa shape index (κ1) is 16.5. The van der Waals surface area contributed by atoms with Crippen molar-refractivity contribution in [3.8, 4) is 17.1 Å². The van der Waals surface area contributed by atoms with Gasteiger partial charge in [0.25, 0.3) is 0 Å². The largest absolute Gasteiger partial charge is 0.463 e. The van der Waals surface area contributed by atoms with E-state index in [0.717, 1.165) is 17.5 Å². The van der Waals surface area contributed by atoms with Crippen molar-refractivity contribution in [3.63, 3.8) is 0 Å². The fraction of sp³-hybridized carbons (Fsp3) is 0.474. The van der Waals surface area contributed by atoms with Crippen LogP contribution in [-0.4, -0.2) is 16.6 Å². The third kappa shape index (κ3) is 5.84. The van der Waals surface area contributed by atoms with E-state index in [4.69, 9.17) is 4.74 Å². The van der Waals surface area contributed by atoms with E-state index >= 15 is 0 Å². The van der Waals surface area contributed by atoms with Crippen molar-refractivity contribution in [2.75, 3.05) is 6.61 Å². The lowest BCUT2D eigenvalue weighted by Gasteiger charge is -2.05. The Kier molecular flexibility index (Phi) is 7.44. The minimum atomic E-state index is 0.467. The van der Waals surface area contributed by atoms with Crippen molar-refractivity contribution in [1.82, 2.24) is 9.97 Å². The van der Waals surface area contributed by atoms with E-state index in [9.17, 15) is 0 Å². The van der Waals surface area contributed by atoms with E-state index in [-0.39, 0.29) is 0 Å². The smallest absolute Gasteiger partial charge is 0.316 e. The van der Waals surface area contributed by atoms with Crippen molar-refractivity contribution in [3.05, 3.63) is 42.7 Å². The van der Waals surface area contributed by atoms with Crippen LogP contribution in [0.1, 0.15) is 51.9 Å². The van der Waals surface area contributed by atoms with Crippen LogP contribution in [-0.2, 0) is 0 Å². The van der Waals surface area contributed by atoms with Gasteiger partial charge in [-0.15, -0.1) is 0 Å². The molecule has 1 aromatic heterocycles. The summed E-state index contributed by atoms with van der Waals surface area (Å²) in [4.78, 5) is 8.53. The normalized spacial score (nSPS) is 10.6. The summed E-state index contributed by atoms with van der Waals surface area (Å²) < 4.78 is 5.59. The van der Waals surface area contributed by atoms with Crippen LogP contribution in [0, 0.1) is 6.07 Å². The van der Waals surface area contributed by atoms with Crippen LogP contribution in [0.25, 0.3) is 11.1 Å². The topological polar surface area (TPSA) is 35.0 Å². The molecule has 2 rings (SSSR count). The second-order valence-corrected chi connectivity index (χ2v) is 5.52. The SMILES string of the molecule is CCCCCCCCCOc1ncc(-c2c[c]ccc2)cn1. The zero-order valence-corrected chi connectivity index (χ0v) is 13.4. The van der Waals surface area contributed by atoms with Crippen molar-refractivity contribution in [2.24, 2.45) is 0 Å². The Hall–Kier alpha value is -1.90. The third-order valence-corrected chi connectivity index (χ3v) is 3.65. The second-order valence-electron chi connectivity index (χ2n) is 5.52. The molecule has 1 aromatic carbocycles. The number of hydrogen-bond acceptors (Lipinski definition) is 3. The van der Waals surface area contributed by atoms with E-state index in [1.807, 2.05) is 24.3 Å². The number of rotatable bonds is 10. The van der Waals surface area contributed by atoms with Gasteiger partial charge in [0.15, 0.2) is 0 Å². The molecule has 0 aliphatic heterocycles. The molecule has 0 fully saturated rings. The second kappa shape index (κ2) is 9.93. The summed E-state index contributed by atoms with van der Waals surface area (Å²) in [6.07, 6.45) is 12.6. The summed E-state index contributed by atoms with van der Waals surface area (Å²) in [7, 11) is 0. The molecule has 117 valence electrons. The molecule has 0 bridgehead atoms. The maximum absolute atomic E-state index is 5.59. The van der Waals surface area contributed by atoms with Crippen molar-refractivity contribution in [2.45, 2.75) is 51.9 Å². The molecule has 1 radical (unpaired) electrons. The molecule has 0 saturated carbocycles. The number of ether oxygens (including phenoxy) is 1. The fourth-order valence-electron chi connectivity index (χ4n) is 2.34. The molecule has 22 heavy (non-hydrogen) atoms. The zero-order valence-electron chi connectivity index (χ0n) is 13.4. The van der Waals surface area contributed by atoms with E-state index in [1.165, 1.54) is 38.5 Å². The van der Waals surface area contributed by atoms with Crippen molar-refractivity contribution < 1.29 is 4.74 Å². The van der Waals surface area contributed by atoms with Crippen LogP contribution in [0.5, 0.6) is 6.01 Å². The maximum Gasteiger partial charge on any atom is 0.316 e. The zero-order chi connectivity index (χ0) is 15.5. The maximum atomic E-state index is 5.59. The third-order valence-electron chi connectivity index (χ3n) is 3.65. The number of aromatic nitrogens is 2. The molecule has 0 spiro atoms. The van der Waals surface area contributed by atoms with Gasteiger partial charge in [0.05, 0.1) is 6.61 Å². The van der Waals surface area contributed by atoms with Gasteiger partial charge in [0.1, 0.15) is 0 Å². The predicted molar refractivity (Wildman–Crippen MR) is 89.8 cm³/mol. The summed E-state index contributed by atoms with van der Waals surface area (Å²) in [5, 5.41) is 0. The summed E-state index contributed by atoms with van der Waals surface area (Å²) in [5.74, 6) is 0. The Bertz CT molecular complexity index is 511. The van der Waals surface area contributed by atoms with Gasteiger partial charge in [-0.1, -0.05) is 63.6 Å². The number of nitrogens with zero attached hydrogens (tertiary/aromatic N) is 2. The van der Waals surface area contributed by atoms with Crippen LogP contribution in [0.15, 0.2) is 36.7 Å². The van der Waals surface area contributed by atoms with Gasteiger partial charge in [-0.25, -0.2) is 9.97 Å². The summed E-state index contributed by atoms with van der Waals surface area (Å²) >= 11 is 0. The first-order chi connectivity index (χ1) is 10.9. The average Bonchev–Trinajstić information content (AvgIpc) is 2.59. The van der Waals surface area contributed by atoms with Crippen molar-refractivity contribution >= 4 is 0 Å². The van der Waals surface area contributed by atoms with Crippen molar-refractivity contribution in [1.29, 1.82) is 0 Å². The van der Waals surface area contributed by atoms with Crippen LogP contribution in [0.4, 0.5) is 0 Å². The standard InChI is InChI=1S/C19H25N2O/c1-2-3-4-5-6-7-11-14-22-19-20-15-18(16-21-19)17-12-9-8-10-13-17/h8-9,12-13,15-16H,2-7,11,14H2,1H3. The van der Waals surface area contributed by atoms with Gasteiger partial charge in [0.2, 0.25) is 0 Å². The number of benzene rings is 1. The number of unbranched alkanes of at least 4 members (excludes halogenated alkanes) is 6. The van der Waals surface area contributed by atoms with Crippen LogP contribution < -0.4 is 4.74 Å². The molecule has 0 saturated heterocycles. The molecule has 3 heteroatoms. The van der Waals surface area contributed by atoms with Gasteiger partial charge in [0, 0.05) is 18.0 Å². The van der Waals surface area contributed by atoms with E-state index in [0.29, 0.717) is 12.6 Å². The number of hydrogen-bond donors (Lipinski definition) is 0. The Labute approximate surface area is 133 Å². The van der Waals surface area contributed by atoms with E-state index in [2.05, 4.69) is 23.0 Å². The fourth-order valence-corrected chi connectivity index (χ4v) is 2.34. The molecular formula is C19H25N2O. The highest BCUT2D eigenvalue weighted by molar-refractivity contribution is 5.60. The molecule has 0 amide bonds. The molecule has 3 nitrogen and oxygen atoms in total. The van der Waals surface area contributed by atoms with Crippen LogP contribution >= 0.6 is 0 Å². The molecule has 0 aliphatic rings. The molecule has 0 atom stereocenters. The Balaban J connectivity index is 1.65. The van der Waals surface area contributed by atoms with Gasteiger partial charge in [-0.05, 0) is 24.1 Å². The average molecular weight is 297 g/mol. The van der Waals surface area contributed by atoms with Gasteiger partial charge in [-0.2, -0.15) is 0 Å². The summed E-state index contributed by atoms with van der Waals surface area (Å²) in [5.41, 5.74) is 2.06. The minimum Gasteiger partial charge on any atom is -0.463 e. The first-order valence-corrected chi connectivity index (χ1v) is 8.31. The Morgan fingerprint density at radius 3 is 2.36 bits per heavy atom. The highest BCUT2D eigenvalue weighted by Crippen LogP contribution is 2.17. The monoisotopic (exact) mass is 297 g/mol. The lowest BCUT2D eigenvalue weighted by molar-refractivity contribution is 0.281. The summed E-state index contributed by atoms with van der Waals surface area (Å²) in [6, 6.07) is 11.3. The lowest BCUT2D eigenvalue weighted by atomic mass is 10.1. The molecule has 2 aromatic rings. The highest BCUT2D eigenvalue weighted by Gasteiger charge is 2.01. The van der Waals surface area contributed by atoms with Crippen LogP contribution in [0.2, 0.25) is 0 Å². The quantitative estimate of drug-likeness (QED) is 0.574. The molecule has 0 aliphatic carbocycles. The predicted octanol–water partition coefficient (Wildman–Crippen LogP) is 5.07. The van der Waals surface area contributed by atoms with E-state index < -0.39 is 0 Å². The molecule has 1 heterocycles. The highest BCUT2D eigenvalue weighted by atomic mass is 16.5. The lowest BCUT2D eigenvalue weighted by Crippen LogP contribution is -2.01. The van der Waals surface area contributed by atoms with Gasteiger partial charge < -0.3 is 4.74 Å². The molecule has 0 unspecified atom stereocenters. The molecule has 0 N–H and O–H groups in total. The first-order valence-electron chi connectivity index (χ1n) is 8.31. The van der Waals surface area contributed by atoms with Gasteiger partial charge >= 0.3 is 6.01 Å². The Morgan fingerprint density at radius 2 is 1.68 bits per heavy atom.